The minimum absolute atomic E-state index is 0.810. The normalized spacial score (nSPS) is 35.6. The molecule has 0 amide bonds. The number of hydrogen-bond donors (Lipinski definition) is 0. The fourth-order valence-corrected chi connectivity index (χ4v) is 1.12. The number of allylic oxidation sites excluding steroid dienone is 4. The molecule has 1 fully saturated rings. The van der Waals surface area contributed by atoms with E-state index in [-0.39, 0.29) is 0 Å². The lowest BCUT2D eigenvalue weighted by Gasteiger charge is -1.74. The van der Waals surface area contributed by atoms with E-state index in [1.54, 1.807) is 11.5 Å². The van der Waals surface area contributed by atoms with E-state index < -0.39 is 0 Å². The molecular formula is C7H7. The van der Waals surface area contributed by atoms with E-state index in [0.29, 0.717) is 0 Å². The lowest BCUT2D eigenvalue weighted by molar-refractivity contribution is 1.05. The Kier molecular flexibility index (Phi) is 0.415. The molecule has 35 valence electrons. The highest BCUT2D eigenvalue weighted by Gasteiger charge is 2.39. The SMILES string of the molecule is CC1[C]2C=CC=C21. The molecule has 0 spiro atoms. The second-order valence-corrected chi connectivity index (χ2v) is 2.16. The van der Waals surface area contributed by atoms with Crippen LogP contribution in [0.4, 0.5) is 0 Å². The third-order valence-corrected chi connectivity index (χ3v) is 1.73. The van der Waals surface area contributed by atoms with Gasteiger partial charge >= 0.3 is 0 Å². The maximum atomic E-state index is 2.24. The Bertz CT molecular complexity index is 151. The molecule has 2 rings (SSSR count). The quantitative estimate of drug-likeness (QED) is 0.425. The molecule has 0 aliphatic heterocycles. The summed E-state index contributed by atoms with van der Waals surface area (Å²) in [6.45, 7) is 2.24. The molecule has 0 heteroatoms. The lowest BCUT2D eigenvalue weighted by atomic mass is 10.3. The molecule has 0 aromatic rings. The lowest BCUT2D eigenvalue weighted by Crippen LogP contribution is -1.62. The van der Waals surface area contributed by atoms with Crippen LogP contribution in [-0.2, 0) is 0 Å². The van der Waals surface area contributed by atoms with Crippen molar-refractivity contribution in [1.29, 1.82) is 0 Å². The molecular weight excluding hydrogens is 84.1 g/mol. The molecule has 1 unspecified atom stereocenters. The Morgan fingerprint density at radius 3 is 2.71 bits per heavy atom. The van der Waals surface area contributed by atoms with Crippen LogP contribution in [0.1, 0.15) is 6.92 Å². The molecule has 0 aromatic carbocycles. The average Bonchev–Trinajstić information content (AvgIpc) is 2.26. The van der Waals surface area contributed by atoms with Gasteiger partial charge in [0.05, 0.1) is 0 Å². The van der Waals surface area contributed by atoms with Crippen LogP contribution < -0.4 is 0 Å². The molecule has 0 saturated heterocycles. The van der Waals surface area contributed by atoms with Gasteiger partial charge in [0.15, 0.2) is 0 Å². The van der Waals surface area contributed by atoms with Crippen LogP contribution in [0.15, 0.2) is 23.8 Å². The van der Waals surface area contributed by atoms with Crippen molar-refractivity contribution in [1.82, 2.24) is 0 Å². The summed E-state index contributed by atoms with van der Waals surface area (Å²) in [5.74, 6) is 2.37. The molecule has 0 bridgehead atoms. The van der Waals surface area contributed by atoms with Gasteiger partial charge in [-0.25, -0.2) is 0 Å². The largest absolute Gasteiger partial charge is 0.0725 e. The highest BCUT2D eigenvalue weighted by Crippen LogP contribution is 2.51. The molecule has 0 heterocycles. The summed E-state index contributed by atoms with van der Waals surface area (Å²) in [7, 11) is 0. The number of hydrogen-bond acceptors (Lipinski definition) is 0. The predicted molar refractivity (Wildman–Crippen MR) is 29.6 cm³/mol. The van der Waals surface area contributed by atoms with Crippen molar-refractivity contribution < 1.29 is 0 Å². The van der Waals surface area contributed by atoms with E-state index in [1.807, 2.05) is 0 Å². The summed E-state index contributed by atoms with van der Waals surface area (Å²) in [6.07, 6.45) is 6.50. The summed E-state index contributed by atoms with van der Waals surface area (Å²) in [4.78, 5) is 0. The fraction of sp³-hybridized carbons (Fsp3) is 0.286. The standard InChI is InChI=1S/C7H7/c1-5-6-3-2-4-7(5)6/h2-5H,1H3. The molecule has 0 nitrogen and oxygen atoms in total. The highest BCUT2D eigenvalue weighted by atomic mass is 14.4. The van der Waals surface area contributed by atoms with E-state index in [2.05, 4.69) is 25.2 Å². The van der Waals surface area contributed by atoms with Crippen molar-refractivity contribution >= 4 is 0 Å². The van der Waals surface area contributed by atoms with E-state index in [0.717, 1.165) is 5.92 Å². The maximum absolute atomic E-state index is 2.24. The number of rotatable bonds is 0. The van der Waals surface area contributed by atoms with Crippen LogP contribution in [0.25, 0.3) is 0 Å². The maximum Gasteiger partial charge on any atom is 0.0297 e. The van der Waals surface area contributed by atoms with Gasteiger partial charge in [0.1, 0.15) is 0 Å². The summed E-state index contributed by atoms with van der Waals surface area (Å²) in [5.41, 5.74) is 1.56. The van der Waals surface area contributed by atoms with Crippen molar-refractivity contribution in [3.05, 3.63) is 29.7 Å². The van der Waals surface area contributed by atoms with Crippen molar-refractivity contribution in [2.24, 2.45) is 5.92 Å². The zero-order valence-corrected chi connectivity index (χ0v) is 4.31. The summed E-state index contributed by atoms with van der Waals surface area (Å²) < 4.78 is 0. The Balaban J connectivity index is 2.36. The molecule has 0 N–H and O–H groups in total. The van der Waals surface area contributed by atoms with Crippen molar-refractivity contribution in [2.75, 3.05) is 0 Å². The number of fused-ring (bicyclic) bond motifs is 1. The van der Waals surface area contributed by atoms with Gasteiger partial charge in [-0.05, 0) is 5.92 Å². The van der Waals surface area contributed by atoms with Gasteiger partial charge in [-0.3, -0.25) is 0 Å². The Hall–Kier alpha value is -0.520. The Labute approximate surface area is 43.5 Å². The second-order valence-electron chi connectivity index (χ2n) is 2.16. The minimum atomic E-state index is 0.810. The Morgan fingerprint density at radius 2 is 2.43 bits per heavy atom. The van der Waals surface area contributed by atoms with E-state index in [1.165, 1.54) is 0 Å². The van der Waals surface area contributed by atoms with Crippen LogP contribution in [0, 0.1) is 11.8 Å². The fourth-order valence-electron chi connectivity index (χ4n) is 1.12. The molecule has 7 heavy (non-hydrogen) atoms. The van der Waals surface area contributed by atoms with Crippen LogP contribution in [-0.4, -0.2) is 0 Å². The first-order valence-electron chi connectivity index (χ1n) is 2.65. The first kappa shape index (κ1) is 3.48. The average molecular weight is 91.1 g/mol. The van der Waals surface area contributed by atoms with Crippen LogP contribution in [0.3, 0.4) is 0 Å². The van der Waals surface area contributed by atoms with Gasteiger partial charge in [0, 0.05) is 5.92 Å². The van der Waals surface area contributed by atoms with Gasteiger partial charge in [-0.1, -0.05) is 30.7 Å². The highest BCUT2D eigenvalue weighted by molar-refractivity contribution is 5.61. The molecule has 0 aromatic heterocycles. The molecule has 1 radical (unpaired) electrons. The van der Waals surface area contributed by atoms with Gasteiger partial charge in [0.25, 0.3) is 0 Å². The second kappa shape index (κ2) is 0.835. The van der Waals surface area contributed by atoms with Crippen LogP contribution >= 0.6 is 0 Å². The van der Waals surface area contributed by atoms with Crippen molar-refractivity contribution in [3.63, 3.8) is 0 Å². The van der Waals surface area contributed by atoms with Crippen molar-refractivity contribution in [3.8, 4) is 0 Å². The van der Waals surface area contributed by atoms with Gasteiger partial charge < -0.3 is 0 Å². The molecule has 1 atom stereocenters. The summed E-state index contributed by atoms with van der Waals surface area (Å²) >= 11 is 0. The van der Waals surface area contributed by atoms with Crippen LogP contribution in [0.5, 0.6) is 0 Å². The first-order chi connectivity index (χ1) is 3.39. The monoisotopic (exact) mass is 91.1 g/mol. The first-order valence-corrected chi connectivity index (χ1v) is 2.65. The third kappa shape index (κ3) is 0.277. The van der Waals surface area contributed by atoms with Gasteiger partial charge in [0.2, 0.25) is 0 Å². The van der Waals surface area contributed by atoms with Crippen molar-refractivity contribution in [2.45, 2.75) is 6.92 Å². The topological polar surface area (TPSA) is 0 Å². The zero-order chi connectivity index (χ0) is 4.85. The molecule has 1 saturated carbocycles. The molecule has 2 aliphatic rings. The van der Waals surface area contributed by atoms with E-state index in [4.69, 9.17) is 0 Å². The van der Waals surface area contributed by atoms with Gasteiger partial charge in [-0.2, -0.15) is 0 Å². The Morgan fingerprint density at radius 1 is 1.57 bits per heavy atom. The minimum Gasteiger partial charge on any atom is -0.0725 e. The van der Waals surface area contributed by atoms with E-state index >= 15 is 0 Å². The predicted octanol–water partition coefficient (Wildman–Crippen LogP) is 1.71. The summed E-state index contributed by atoms with van der Waals surface area (Å²) in [5, 5.41) is 0. The zero-order valence-electron chi connectivity index (χ0n) is 4.31. The van der Waals surface area contributed by atoms with E-state index in [9.17, 15) is 0 Å². The van der Waals surface area contributed by atoms with Crippen LogP contribution in [0.2, 0.25) is 0 Å². The summed E-state index contributed by atoms with van der Waals surface area (Å²) in [6, 6.07) is 0. The smallest absolute Gasteiger partial charge is 0.0297 e. The third-order valence-electron chi connectivity index (χ3n) is 1.73. The van der Waals surface area contributed by atoms with Gasteiger partial charge in [-0.15, -0.1) is 0 Å². The molecule has 2 aliphatic carbocycles.